The van der Waals surface area contributed by atoms with Gasteiger partial charge >= 0.3 is 6.18 Å². The standard InChI is InChI=1S/C26H32F3N7O4S/c27-26(28,29)19-7-5-17(6-8-19)13-23(25(38)34-20-14-18-3-1-2-4-22(18)33-15-20)35-24(37)21(32)16-41(39,40)36(11-9-30)12-10-31/h1-8,14-15,21,23H,9-13,16,30-32H2,(H,34,38)(H,35,37). The van der Waals surface area contributed by atoms with Gasteiger partial charge in [-0.1, -0.05) is 30.3 Å². The molecule has 0 fully saturated rings. The number of hydrogen-bond donors (Lipinski definition) is 5. The van der Waals surface area contributed by atoms with Gasteiger partial charge in [-0.25, -0.2) is 8.42 Å². The highest BCUT2D eigenvalue weighted by Crippen LogP contribution is 2.29. The van der Waals surface area contributed by atoms with Crippen molar-refractivity contribution in [2.45, 2.75) is 24.7 Å². The van der Waals surface area contributed by atoms with Crippen molar-refractivity contribution in [3.63, 3.8) is 0 Å². The topological polar surface area (TPSA) is 187 Å². The molecule has 3 rings (SSSR count). The van der Waals surface area contributed by atoms with Gasteiger partial charge in [-0.05, 0) is 29.8 Å². The predicted molar refractivity (Wildman–Crippen MR) is 149 cm³/mol. The van der Waals surface area contributed by atoms with Crippen LogP contribution in [0.25, 0.3) is 10.9 Å². The van der Waals surface area contributed by atoms with E-state index in [4.69, 9.17) is 17.2 Å². The molecule has 1 heterocycles. The number of hydrogen-bond acceptors (Lipinski definition) is 8. The van der Waals surface area contributed by atoms with Crippen LogP contribution in [0.3, 0.4) is 0 Å². The molecule has 0 aliphatic heterocycles. The Morgan fingerprint density at radius 3 is 2.22 bits per heavy atom. The Morgan fingerprint density at radius 2 is 1.61 bits per heavy atom. The maximum absolute atomic E-state index is 13.3. The van der Waals surface area contributed by atoms with E-state index >= 15 is 0 Å². The first kappa shape index (κ1) is 31.9. The van der Waals surface area contributed by atoms with Crippen LogP contribution in [-0.4, -0.2) is 73.5 Å². The van der Waals surface area contributed by atoms with Crippen molar-refractivity contribution in [2.75, 3.05) is 37.2 Å². The predicted octanol–water partition coefficient (Wildman–Crippen LogP) is 0.796. The van der Waals surface area contributed by atoms with Crippen LogP contribution >= 0.6 is 0 Å². The van der Waals surface area contributed by atoms with Crippen LogP contribution in [0, 0.1) is 0 Å². The lowest BCUT2D eigenvalue weighted by molar-refractivity contribution is -0.137. The van der Waals surface area contributed by atoms with E-state index in [1.54, 1.807) is 30.3 Å². The largest absolute Gasteiger partial charge is 0.416 e. The zero-order valence-corrected chi connectivity index (χ0v) is 22.8. The van der Waals surface area contributed by atoms with Gasteiger partial charge in [0, 0.05) is 38.0 Å². The van der Waals surface area contributed by atoms with Crippen molar-refractivity contribution in [1.29, 1.82) is 0 Å². The van der Waals surface area contributed by atoms with E-state index in [9.17, 15) is 31.2 Å². The average molecular weight is 596 g/mol. The quantitative estimate of drug-likeness (QED) is 0.192. The molecule has 0 bridgehead atoms. The minimum absolute atomic E-state index is 0.0212. The van der Waals surface area contributed by atoms with Crippen molar-refractivity contribution in [2.24, 2.45) is 17.2 Å². The highest BCUT2D eigenvalue weighted by molar-refractivity contribution is 7.89. The number of carbonyl (C=O) groups is 2. The molecule has 2 amide bonds. The summed E-state index contributed by atoms with van der Waals surface area (Å²) < 4.78 is 65.6. The van der Waals surface area contributed by atoms with Crippen molar-refractivity contribution in [3.8, 4) is 0 Å². The fraction of sp³-hybridized carbons (Fsp3) is 0.346. The molecular weight excluding hydrogens is 563 g/mol. The Labute approximate surface area is 235 Å². The molecule has 2 aromatic carbocycles. The number of halogens is 3. The van der Waals surface area contributed by atoms with E-state index in [0.717, 1.165) is 21.8 Å². The number of nitrogens with two attached hydrogens (primary N) is 3. The summed E-state index contributed by atoms with van der Waals surface area (Å²) in [6.45, 7) is 0.0125. The third-order valence-corrected chi connectivity index (χ3v) is 8.02. The molecule has 222 valence electrons. The van der Waals surface area contributed by atoms with E-state index in [-0.39, 0.29) is 32.6 Å². The number of aromatic nitrogens is 1. The van der Waals surface area contributed by atoms with Gasteiger partial charge in [0.2, 0.25) is 21.8 Å². The smallest absolute Gasteiger partial charge is 0.343 e. The molecule has 0 aliphatic carbocycles. The van der Waals surface area contributed by atoms with E-state index in [0.29, 0.717) is 16.8 Å². The number of para-hydroxylation sites is 1. The van der Waals surface area contributed by atoms with Crippen LogP contribution in [0.15, 0.2) is 60.8 Å². The lowest BCUT2D eigenvalue weighted by atomic mass is 10.0. The molecule has 0 radical (unpaired) electrons. The number of nitrogens with one attached hydrogen (secondary N) is 2. The van der Waals surface area contributed by atoms with Crippen LogP contribution in [0.2, 0.25) is 0 Å². The Bertz CT molecular complexity index is 1450. The minimum Gasteiger partial charge on any atom is -0.343 e. The number of benzene rings is 2. The number of amides is 2. The maximum atomic E-state index is 13.3. The first-order chi connectivity index (χ1) is 19.3. The molecule has 8 N–H and O–H groups in total. The van der Waals surface area contributed by atoms with Crippen molar-refractivity contribution in [1.82, 2.24) is 14.6 Å². The summed E-state index contributed by atoms with van der Waals surface area (Å²) in [7, 11) is -4.02. The summed E-state index contributed by atoms with van der Waals surface area (Å²) in [5, 5.41) is 5.82. The zero-order valence-electron chi connectivity index (χ0n) is 22.0. The van der Waals surface area contributed by atoms with Crippen LogP contribution < -0.4 is 27.8 Å². The molecule has 15 heteroatoms. The van der Waals surface area contributed by atoms with E-state index in [1.165, 1.54) is 18.3 Å². The SMILES string of the molecule is NCCN(CCN)S(=O)(=O)CC(N)C(=O)NC(Cc1ccc(C(F)(F)F)cc1)C(=O)Nc1cnc2ccccc2c1. The number of fused-ring (bicyclic) bond motifs is 1. The lowest BCUT2D eigenvalue weighted by Gasteiger charge is -2.24. The molecule has 2 unspecified atom stereocenters. The number of carbonyl (C=O) groups excluding carboxylic acids is 2. The number of anilines is 1. The zero-order chi connectivity index (χ0) is 30.2. The second-order valence-electron chi connectivity index (χ2n) is 9.23. The molecule has 3 aromatic rings. The van der Waals surface area contributed by atoms with E-state index < -0.39 is 51.4 Å². The van der Waals surface area contributed by atoms with Gasteiger partial charge in [0.15, 0.2) is 0 Å². The summed E-state index contributed by atoms with van der Waals surface area (Å²) in [5.74, 6) is -2.43. The van der Waals surface area contributed by atoms with Crippen LogP contribution in [0.1, 0.15) is 11.1 Å². The average Bonchev–Trinajstić information content (AvgIpc) is 2.92. The molecular formula is C26H32F3N7O4S. The summed E-state index contributed by atoms with van der Waals surface area (Å²) in [5.41, 5.74) is 17.3. The first-order valence-corrected chi connectivity index (χ1v) is 14.2. The molecule has 11 nitrogen and oxygen atoms in total. The first-order valence-electron chi connectivity index (χ1n) is 12.6. The van der Waals surface area contributed by atoms with E-state index in [2.05, 4.69) is 15.6 Å². The third kappa shape index (κ3) is 8.93. The van der Waals surface area contributed by atoms with Crippen LogP contribution in [0.5, 0.6) is 0 Å². The van der Waals surface area contributed by atoms with Gasteiger partial charge < -0.3 is 27.8 Å². The summed E-state index contributed by atoms with van der Waals surface area (Å²) in [6.07, 6.45) is -3.34. The second-order valence-corrected chi connectivity index (χ2v) is 11.2. The number of pyridine rings is 1. The Balaban J connectivity index is 1.81. The molecule has 41 heavy (non-hydrogen) atoms. The number of sulfonamides is 1. The fourth-order valence-corrected chi connectivity index (χ4v) is 5.59. The Hall–Kier alpha value is -3.63. The van der Waals surface area contributed by atoms with Gasteiger partial charge in [0.25, 0.3) is 0 Å². The number of alkyl halides is 3. The van der Waals surface area contributed by atoms with Crippen LogP contribution in [0.4, 0.5) is 18.9 Å². The van der Waals surface area contributed by atoms with Gasteiger partial charge in [0.05, 0.1) is 34.8 Å². The molecule has 2 atom stereocenters. The highest BCUT2D eigenvalue weighted by atomic mass is 32.2. The minimum atomic E-state index is -4.55. The molecule has 0 aliphatic rings. The van der Waals surface area contributed by atoms with Gasteiger partial charge in [0.1, 0.15) is 6.04 Å². The lowest BCUT2D eigenvalue weighted by Crippen LogP contribution is -2.54. The molecule has 0 saturated heterocycles. The third-order valence-electron chi connectivity index (χ3n) is 6.09. The van der Waals surface area contributed by atoms with Gasteiger partial charge in [-0.15, -0.1) is 0 Å². The van der Waals surface area contributed by atoms with Gasteiger partial charge in [-0.3, -0.25) is 14.6 Å². The Morgan fingerprint density at radius 1 is 0.976 bits per heavy atom. The van der Waals surface area contributed by atoms with Gasteiger partial charge in [-0.2, -0.15) is 17.5 Å². The van der Waals surface area contributed by atoms with E-state index in [1.807, 2.05) is 0 Å². The van der Waals surface area contributed by atoms with Crippen molar-refractivity contribution >= 4 is 38.4 Å². The fourth-order valence-electron chi connectivity index (χ4n) is 4.01. The van der Waals surface area contributed by atoms with Crippen LogP contribution in [-0.2, 0) is 32.2 Å². The number of nitrogens with zero attached hydrogens (tertiary/aromatic N) is 2. The summed E-state index contributed by atoms with van der Waals surface area (Å²) in [4.78, 5) is 30.5. The maximum Gasteiger partial charge on any atom is 0.416 e. The second kappa shape index (κ2) is 13.8. The van der Waals surface area contributed by atoms with Crippen molar-refractivity contribution < 1.29 is 31.2 Å². The van der Waals surface area contributed by atoms with Crippen molar-refractivity contribution in [3.05, 3.63) is 71.9 Å². The summed E-state index contributed by atoms with van der Waals surface area (Å²) >= 11 is 0. The Kier molecular flexibility index (Phi) is 10.8. The normalized spacial score (nSPS) is 13.6. The molecule has 0 saturated carbocycles. The molecule has 0 spiro atoms. The summed E-state index contributed by atoms with van der Waals surface area (Å²) in [6, 6.07) is 10.1. The molecule has 1 aromatic heterocycles. The monoisotopic (exact) mass is 595 g/mol. The number of rotatable bonds is 13. The highest BCUT2D eigenvalue weighted by Gasteiger charge is 2.32.